The molecule has 0 aromatic heterocycles. The van der Waals surface area contributed by atoms with Crippen LogP contribution in [0.5, 0.6) is 0 Å². The predicted molar refractivity (Wildman–Crippen MR) is 63.9 cm³/mol. The van der Waals surface area contributed by atoms with Gasteiger partial charge in [0.05, 0.1) is 0 Å². The van der Waals surface area contributed by atoms with Crippen molar-refractivity contribution in [2.75, 3.05) is 46.3 Å². The Morgan fingerprint density at radius 3 is 2.27 bits per heavy atom. The zero-order chi connectivity index (χ0) is 10.7. The molecule has 1 saturated carbocycles. The molecule has 0 atom stereocenters. The Balaban J connectivity index is 1.65. The molecule has 2 aliphatic rings. The third-order valence-corrected chi connectivity index (χ3v) is 4.19. The zero-order valence-electron chi connectivity index (χ0n) is 10.0. The topological polar surface area (TPSA) is 32.5 Å². The molecule has 88 valence electrons. The van der Waals surface area contributed by atoms with Crippen molar-refractivity contribution in [3.8, 4) is 0 Å². The van der Waals surface area contributed by atoms with E-state index in [9.17, 15) is 0 Å². The number of nitrogens with two attached hydrogens (primary N) is 1. The van der Waals surface area contributed by atoms with Crippen molar-refractivity contribution in [1.82, 2.24) is 9.80 Å². The lowest BCUT2D eigenvalue weighted by molar-refractivity contribution is 0.144. The second kappa shape index (κ2) is 4.81. The molecule has 1 aliphatic carbocycles. The maximum atomic E-state index is 5.66. The Kier molecular flexibility index (Phi) is 3.65. The van der Waals surface area contributed by atoms with Crippen LogP contribution >= 0.6 is 0 Å². The van der Waals surface area contributed by atoms with Gasteiger partial charge in [0.15, 0.2) is 0 Å². The molecular formula is C12H25N3. The molecule has 15 heavy (non-hydrogen) atoms. The number of hydrogen-bond donors (Lipinski definition) is 1. The summed E-state index contributed by atoms with van der Waals surface area (Å²) in [6, 6.07) is 0. The highest BCUT2D eigenvalue weighted by Crippen LogP contribution is 2.51. The molecule has 0 bridgehead atoms. The molecule has 2 fully saturated rings. The van der Waals surface area contributed by atoms with Crippen LogP contribution in [0.2, 0.25) is 0 Å². The largest absolute Gasteiger partial charge is 0.330 e. The minimum absolute atomic E-state index is 0.665. The van der Waals surface area contributed by atoms with Crippen LogP contribution in [0.1, 0.15) is 25.7 Å². The van der Waals surface area contributed by atoms with Crippen LogP contribution in [0.3, 0.4) is 0 Å². The van der Waals surface area contributed by atoms with E-state index in [1.165, 1.54) is 58.4 Å². The maximum Gasteiger partial charge on any atom is 0.0110 e. The zero-order valence-corrected chi connectivity index (χ0v) is 10.0. The predicted octanol–water partition coefficient (Wildman–Crippen LogP) is 0.753. The third-order valence-electron chi connectivity index (χ3n) is 4.19. The summed E-state index contributed by atoms with van der Waals surface area (Å²) in [6.07, 6.45) is 5.49. The number of hydrogen-bond acceptors (Lipinski definition) is 3. The maximum absolute atomic E-state index is 5.66. The normalized spacial score (nSPS) is 26.8. The van der Waals surface area contributed by atoms with Crippen molar-refractivity contribution in [2.24, 2.45) is 11.1 Å². The fourth-order valence-electron chi connectivity index (χ4n) is 2.57. The standard InChI is InChI=1S/C12H25N3/c1-14-8-10-15(11-9-14)7-5-12(2-3-12)4-6-13/h2-11,13H2,1H3. The SMILES string of the molecule is CN1CCN(CCC2(CCN)CC2)CC1. The molecule has 2 rings (SSSR count). The Hall–Kier alpha value is -0.120. The van der Waals surface area contributed by atoms with Crippen molar-refractivity contribution < 1.29 is 0 Å². The molecule has 1 aliphatic heterocycles. The molecule has 3 nitrogen and oxygen atoms in total. The van der Waals surface area contributed by atoms with Crippen molar-refractivity contribution in [3.05, 3.63) is 0 Å². The summed E-state index contributed by atoms with van der Waals surface area (Å²) in [7, 11) is 2.22. The van der Waals surface area contributed by atoms with E-state index in [-0.39, 0.29) is 0 Å². The molecule has 0 aromatic rings. The van der Waals surface area contributed by atoms with Gasteiger partial charge in [0.25, 0.3) is 0 Å². The van der Waals surface area contributed by atoms with Gasteiger partial charge in [-0.15, -0.1) is 0 Å². The van der Waals surface area contributed by atoms with Crippen LogP contribution in [0, 0.1) is 5.41 Å². The van der Waals surface area contributed by atoms with Gasteiger partial charge in [-0.2, -0.15) is 0 Å². The summed E-state index contributed by atoms with van der Waals surface area (Å²) < 4.78 is 0. The van der Waals surface area contributed by atoms with Gasteiger partial charge in [0.2, 0.25) is 0 Å². The molecule has 2 N–H and O–H groups in total. The summed E-state index contributed by atoms with van der Waals surface area (Å²) in [5.74, 6) is 0. The van der Waals surface area contributed by atoms with Gasteiger partial charge >= 0.3 is 0 Å². The number of piperazine rings is 1. The van der Waals surface area contributed by atoms with Crippen molar-refractivity contribution >= 4 is 0 Å². The van der Waals surface area contributed by atoms with Crippen LogP contribution in [0.25, 0.3) is 0 Å². The Morgan fingerprint density at radius 1 is 1.07 bits per heavy atom. The molecule has 1 heterocycles. The Bertz CT molecular complexity index is 193. The molecule has 0 aromatic carbocycles. The number of likely N-dealkylation sites (N-methyl/N-ethyl adjacent to an activating group) is 1. The second-order valence-electron chi connectivity index (χ2n) is 5.43. The summed E-state index contributed by atoms with van der Waals surface area (Å²) >= 11 is 0. The smallest absolute Gasteiger partial charge is 0.0110 e. The third kappa shape index (κ3) is 3.16. The lowest BCUT2D eigenvalue weighted by Gasteiger charge is -2.33. The molecule has 0 unspecified atom stereocenters. The average Bonchev–Trinajstić information content (AvgIpc) is 2.99. The van der Waals surface area contributed by atoms with Gasteiger partial charge in [-0.1, -0.05) is 0 Å². The molecule has 0 radical (unpaired) electrons. The fourth-order valence-corrected chi connectivity index (χ4v) is 2.57. The van der Waals surface area contributed by atoms with E-state index in [0.29, 0.717) is 5.41 Å². The van der Waals surface area contributed by atoms with E-state index in [1.54, 1.807) is 0 Å². The van der Waals surface area contributed by atoms with Gasteiger partial charge in [-0.3, -0.25) is 0 Å². The first-order chi connectivity index (χ1) is 7.24. The lowest BCUT2D eigenvalue weighted by Crippen LogP contribution is -2.45. The summed E-state index contributed by atoms with van der Waals surface area (Å²) in [5.41, 5.74) is 6.33. The van der Waals surface area contributed by atoms with Gasteiger partial charge in [-0.05, 0) is 51.2 Å². The van der Waals surface area contributed by atoms with Crippen molar-refractivity contribution in [3.63, 3.8) is 0 Å². The van der Waals surface area contributed by atoms with Crippen LogP contribution in [-0.2, 0) is 0 Å². The fraction of sp³-hybridized carbons (Fsp3) is 1.00. The van der Waals surface area contributed by atoms with Crippen LogP contribution in [0.4, 0.5) is 0 Å². The van der Waals surface area contributed by atoms with E-state index in [4.69, 9.17) is 5.73 Å². The van der Waals surface area contributed by atoms with E-state index in [0.717, 1.165) is 6.54 Å². The Labute approximate surface area is 93.6 Å². The van der Waals surface area contributed by atoms with E-state index < -0.39 is 0 Å². The van der Waals surface area contributed by atoms with E-state index >= 15 is 0 Å². The number of nitrogens with zero attached hydrogens (tertiary/aromatic N) is 2. The highest BCUT2D eigenvalue weighted by Gasteiger charge is 2.41. The van der Waals surface area contributed by atoms with Gasteiger partial charge in [0, 0.05) is 26.2 Å². The lowest BCUT2D eigenvalue weighted by atomic mass is 9.98. The van der Waals surface area contributed by atoms with Crippen molar-refractivity contribution in [1.29, 1.82) is 0 Å². The van der Waals surface area contributed by atoms with E-state index in [1.807, 2.05) is 0 Å². The van der Waals surface area contributed by atoms with Crippen LogP contribution < -0.4 is 5.73 Å². The van der Waals surface area contributed by atoms with Gasteiger partial charge < -0.3 is 15.5 Å². The summed E-state index contributed by atoms with van der Waals surface area (Å²) in [4.78, 5) is 5.04. The monoisotopic (exact) mass is 211 g/mol. The quantitative estimate of drug-likeness (QED) is 0.728. The minimum atomic E-state index is 0.665. The van der Waals surface area contributed by atoms with Crippen LogP contribution in [-0.4, -0.2) is 56.1 Å². The highest BCUT2D eigenvalue weighted by molar-refractivity contribution is 4.93. The minimum Gasteiger partial charge on any atom is -0.330 e. The summed E-state index contributed by atoms with van der Waals surface area (Å²) in [6.45, 7) is 7.18. The molecular weight excluding hydrogens is 186 g/mol. The molecule has 1 saturated heterocycles. The summed E-state index contributed by atoms with van der Waals surface area (Å²) in [5, 5.41) is 0. The first-order valence-corrected chi connectivity index (χ1v) is 6.35. The van der Waals surface area contributed by atoms with Crippen molar-refractivity contribution in [2.45, 2.75) is 25.7 Å². The van der Waals surface area contributed by atoms with Gasteiger partial charge in [-0.25, -0.2) is 0 Å². The first-order valence-electron chi connectivity index (χ1n) is 6.35. The van der Waals surface area contributed by atoms with E-state index in [2.05, 4.69) is 16.8 Å². The molecule has 0 spiro atoms. The number of rotatable bonds is 5. The Morgan fingerprint density at radius 2 is 1.73 bits per heavy atom. The second-order valence-corrected chi connectivity index (χ2v) is 5.43. The molecule has 0 amide bonds. The highest BCUT2D eigenvalue weighted by atomic mass is 15.2. The first kappa shape index (κ1) is 11.4. The average molecular weight is 211 g/mol. The molecule has 3 heteroatoms. The van der Waals surface area contributed by atoms with Gasteiger partial charge in [0.1, 0.15) is 0 Å². The van der Waals surface area contributed by atoms with Crippen LogP contribution in [0.15, 0.2) is 0 Å².